The van der Waals surface area contributed by atoms with Gasteiger partial charge in [0.15, 0.2) is 24.0 Å². The number of ether oxygens (including phenoxy) is 2. The first-order valence-electron chi connectivity index (χ1n) is 9.72. The Bertz CT molecular complexity index is 1040. The summed E-state index contributed by atoms with van der Waals surface area (Å²) in [6.07, 6.45) is 5.91. The molecule has 0 saturated heterocycles. The van der Waals surface area contributed by atoms with Gasteiger partial charge >= 0.3 is 0 Å². The van der Waals surface area contributed by atoms with Crippen LogP contribution in [0.25, 0.3) is 11.4 Å². The van der Waals surface area contributed by atoms with Gasteiger partial charge < -0.3 is 14.4 Å². The molecular weight excluding hydrogens is 386 g/mol. The molecule has 0 bridgehead atoms. The van der Waals surface area contributed by atoms with Crippen molar-refractivity contribution in [3.63, 3.8) is 0 Å². The van der Waals surface area contributed by atoms with Crippen LogP contribution in [0.3, 0.4) is 0 Å². The molecule has 0 spiro atoms. The molecule has 29 heavy (non-hydrogen) atoms. The van der Waals surface area contributed by atoms with Crippen molar-refractivity contribution in [2.75, 3.05) is 21.3 Å². The summed E-state index contributed by atoms with van der Waals surface area (Å²) in [4.78, 5) is 5.39. The lowest BCUT2D eigenvalue weighted by atomic mass is 10.2. The van der Waals surface area contributed by atoms with E-state index in [4.69, 9.17) is 26.8 Å². The molecule has 1 fully saturated rings. The van der Waals surface area contributed by atoms with Gasteiger partial charge in [-0.3, -0.25) is 9.55 Å². The Labute approximate surface area is 175 Å². The number of hydrogen-bond donors (Lipinski definition) is 1. The van der Waals surface area contributed by atoms with E-state index in [0.717, 1.165) is 47.0 Å². The second-order valence-corrected chi connectivity index (χ2v) is 7.79. The summed E-state index contributed by atoms with van der Waals surface area (Å²) < 4.78 is 15.7. The first-order chi connectivity index (χ1) is 14.1. The smallest absolute Gasteiger partial charge is 0.203 e. The molecule has 1 N–H and O–H groups in total. The van der Waals surface area contributed by atoms with E-state index >= 15 is 0 Å². The second kappa shape index (κ2) is 8.34. The average molecular weight is 413 g/mol. The van der Waals surface area contributed by atoms with Crippen molar-refractivity contribution in [1.29, 1.82) is 0 Å². The Kier molecular flexibility index (Phi) is 5.64. The highest BCUT2D eigenvalue weighted by atomic mass is 32.1. The molecule has 2 heterocycles. The zero-order valence-corrected chi connectivity index (χ0v) is 17.8. The van der Waals surface area contributed by atoms with Crippen molar-refractivity contribution in [2.24, 2.45) is 0 Å². The molecule has 2 aromatic heterocycles. The number of nitrogens with zero attached hydrogens (tertiary/aromatic N) is 4. The van der Waals surface area contributed by atoms with Crippen molar-refractivity contribution in [2.45, 2.75) is 32.1 Å². The van der Waals surface area contributed by atoms with Gasteiger partial charge in [0.1, 0.15) is 6.54 Å². The van der Waals surface area contributed by atoms with Gasteiger partial charge in [-0.2, -0.15) is 4.68 Å². The number of quaternary nitrogens is 1. The van der Waals surface area contributed by atoms with Crippen molar-refractivity contribution in [3.05, 3.63) is 53.1 Å². The van der Waals surface area contributed by atoms with E-state index < -0.39 is 0 Å². The largest absolute Gasteiger partial charge is 0.493 e. The summed E-state index contributed by atoms with van der Waals surface area (Å²) in [5.74, 6) is 2.41. The van der Waals surface area contributed by atoms with Gasteiger partial charge in [0, 0.05) is 29.6 Å². The lowest BCUT2D eigenvalue weighted by molar-refractivity contribution is -0.917. The van der Waals surface area contributed by atoms with Crippen molar-refractivity contribution >= 4 is 12.2 Å². The fraction of sp³-hybridized carbons (Fsp3) is 0.381. The molecule has 7 nitrogen and oxygen atoms in total. The molecule has 8 heteroatoms. The monoisotopic (exact) mass is 412 g/mol. The van der Waals surface area contributed by atoms with Crippen LogP contribution in [0.2, 0.25) is 0 Å². The summed E-state index contributed by atoms with van der Waals surface area (Å²) in [6.45, 7) is 1.51. The van der Waals surface area contributed by atoms with E-state index in [1.807, 2.05) is 28.9 Å². The molecule has 4 rings (SSSR count). The van der Waals surface area contributed by atoms with Crippen LogP contribution < -0.4 is 14.4 Å². The third-order valence-corrected chi connectivity index (χ3v) is 5.50. The Balaban J connectivity index is 1.56. The van der Waals surface area contributed by atoms with Crippen LogP contribution in [-0.4, -0.2) is 40.6 Å². The Morgan fingerprint density at radius 1 is 1.10 bits per heavy atom. The fourth-order valence-corrected chi connectivity index (χ4v) is 3.87. The number of methoxy groups -OCH3 is 2. The Morgan fingerprint density at radius 2 is 1.83 bits per heavy atom. The number of hydrogen-bond acceptors (Lipinski definition) is 5. The van der Waals surface area contributed by atoms with Gasteiger partial charge in [-0.25, -0.2) is 0 Å². The number of nitrogens with one attached hydrogen (secondary N) is 1. The van der Waals surface area contributed by atoms with Crippen LogP contribution in [0.15, 0.2) is 42.7 Å². The SMILES string of the molecule is COc1ccc(C[NH+](C)Cn2nc(-c3ccncc3)n(C3CC3)c2=S)cc1OC. The van der Waals surface area contributed by atoms with Gasteiger partial charge in [-0.1, -0.05) is 0 Å². The van der Waals surface area contributed by atoms with Gasteiger partial charge in [-0.15, -0.1) is 5.10 Å². The number of benzene rings is 1. The molecule has 1 aromatic carbocycles. The van der Waals surface area contributed by atoms with Crippen molar-refractivity contribution in [3.8, 4) is 22.9 Å². The van der Waals surface area contributed by atoms with E-state index in [0.29, 0.717) is 12.7 Å². The maximum atomic E-state index is 5.78. The zero-order chi connectivity index (χ0) is 20.4. The molecule has 1 aliphatic rings. The summed E-state index contributed by atoms with van der Waals surface area (Å²) >= 11 is 5.78. The highest BCUT2D eigenvalue weighted by molar-refractivity contribution is 7.71. The quantitative estimate of drug-likeness (QED) is 0.576. The lowest BCUT2D eigenvalue weighted by Crippen LogP contribution is -3.07. The van der Waals surface area contributed by atoms with Gasteiger partial charge in [0.05, 0.1) is 21.3 Å². The number of rotatable bonds is 8. The van der Waals surface area contributed by atoms with Gasteiger partial charge in [0.25, 0.3) is 0 Å². The van der Waals surface area contributed by atoms with Gasteiger partial charge in [-0.05, 0) is 55.4 Å². The minimum Gasteiger partial charge on any atom is -0.493 e. The number of pyridine rings is 1. The topological polar surface area (TPSA) is 58.5 Å². The summed E-state index contributed by atoms with van der Waals surface area (Å²) in [5, 5.41) is 4.87. The van der Waals surface area contributed by atoms with Crippen LogP contribution in [0.5, 0.6) is 11.5 Å². The first kappa shape index (κ1) is 19.6. The fourth-order valence-electron chi connectivity index (χ4n) is 3.53. The van der Waals surface area contributed by atoms with E-state index in [9.17, 15) is 0 Å². The van der Waals surface area contributed by atoms with Crippen LogP contribution in [-0.2, 0) is 13.2 Å². The molecular formula is C21H26N5O2S+. The third-order valence-electron chi connectivity index (χ3n) is 5.09. The maximum Gasteiger partial charge on any atom is 0.203 e. The van der Waals surface area contributed by atoms with Gasteiger partial charge in [0.2, 0.25) is 4.77 Å². The molecule has 3 aromatic rings. The molecule has 152 valence electrons. The van der Waals surface area contributed by atoms with Crippen molar-refractivity contribution < 1.29 is 14.4 Å². The zero-order valence-electron chi connectivity index (χ0n) is 17.0. The van der Waals surface area contributed by atoms with Crippen LogP contribution >= 0.6 is 12.2 Å². The molecule has 1 unspecified atom stereocenters. The van der Waals surface area contributed by atoms with Crippen molar-refractivity contribution in [1.82, 2.24) is 19.3 Å². The molecule has 1 aliphatic carbocycles. The van der Waals surface area contributed by atoms with Crippen LogP contribution in [0.4, 0.5) is 0 Å². The minimum atomic E-state index is 0.463. The van der Waals surface area contributed by atoms with Crippen LogP contribution in [0.1, 0.15) is 24.4 Å². The highest BCUT2D eigenvalue weighted by Gasteiger charge is 2.29. The molecule has 0 aliphatic heterocycles. The molecule has 0 amide bonds. The normalized spacial score (nSPS) is 14.6. The first-order valence-corrected chi connectivity index (χ1v) is 10.1. The summed E-state index contributed by atoms with van der Waals surface area (Å²) in [6, 6.07) is 10.5. The predicted octanol–water partition coefficient (Wildman–Crippen LogP) is 2.50. The highest BCUT2D eigenvalue weighted by Crippen LogP contribution is 2.38. The molecule has 1 atom stereocenters. The number of aromatic nitrogens is 4. The standard InChI is InChI=1S/C21H25N5O2S/c1-24(13-15-4-7-18(27-2)19(12-15)28-3)14-25-21(29)26(17-5-6-17)20(23-25)16-8-10-22-11-9-16/h4,7-12,17H,5-6,13-14H2,1-3H3/p+1. The summed E-state index contributed by atoms with van der Waals surface area (Å²) in [5.41, 5.74) is 2.22. The lowest BCUT2D eigenvalue weighted by Gasteiger charge is -2.15. The van der Waals surface area contributed by atoms with E-state index in [1.54, 1.807) is 26.6 Å². The second-order valence-electron chi connectivity index (χ2n) is 7.42. The molecule has 1 saturated carbocycles. The van der Waals surface area contributed by atoms with Crippen LogP contribution in [0, 0.1) is 4.77 Å². The van der Waals surface area contributed by atoms with E-state index in [-0.39, 0.29) is 0 Å². The van der Waals surface area contributed by atoms with E-state index in [1.165, 1.54) is 10.5 Å². The molecule has 0 radical (unpaired) electrons. The predicted molar refractivity (Wildman–Crippen MR) is 113 cm³/mol. The van der Waals surface area contributed by atoms with E-state index in [2.05, 4.69) is 22.7 Å². The maximum absolute atomic E-state index is 5.78. The average Bonchev–Trinajstić information content (AvgIpc) is 3.53. The summed E-state index contributed by atoms with van der Waals surface area (Å²) in [7, 11) is 5.44. The Morgan fingerprint density at radius 3 is 2.48 bits per heavy atom. The minimum absolute atomic E-state index is 0.463. The Hall–Kier alpha value is -2.71. The third kappa shape index (κ3) is 4.18.